The van der Waals surface area contributed by atoms with Crippen molar-refractivity contribution in [3.05, 3.63) is 42.0 Å². The highest BCUT2D eigenvalue weighted by atomic mass is 16.5. The van der Waals surface area contributed by atoms with Crippen LogP contribution in [-0.4, -0.2) is 25.0 Å². The van der Waals surface area contributed by atoms with E-state index in [-0.39, 0.29) is 11.7 Å². The van der Waals surface area contributed by atoms with E-state index < -0.39 is 5.54 Å². The SMILES string of the molecule is CCNC(C)(C(=O)c1c(OC)ccc2ccccc12)C(C)C. The third-order valence-electron chi connectivity index (χ3n) is 4.51. The van der Waals surface area contributed by atoms with E-state index in [0.717, 1.165) is 17.3 Å². The summed E-state index contributed by atoms with van der Waals surface area (Å²) in [4.78, 5) is 13.3. The van der Waals surface area contributed by atoms with Gasteiger partial charge in [-0.3, -0.25) is 4.79 Å². The molecule has 1 N–H and O–H groups in total. The van der Waals surface area contributed by atoms with Gasteiger partial charge < -0.3 is 10.1 Å². The van der Waals surface area contributed by atoms with Crippen LogP contribution in [0.5, 0.6) is 5.75 Å². The third-order valence-corrected chi connectivity index (χ3v) is 4.51. The molecule has 2 aromatic carbocycles. The number of ether oxygens (including phenoxy) is 1. The van der Waals surface area contributed by atoms with Crippen LogP contribution < -0.4 is 10.1 Å². The van der Waals surface area contributed by atoms with Crippen LogP contribution in [0, 0.1) is 5.92 Å². The third kappa shape index (κ3) is 2.73. The summed E-state index contributed by atoms with van der Waals surface area (Å²) in [6.45, 7) is 8.88. The van der Waals surface area contributed by atoms with E-state index in [2.05, 4.69) is 19.2 Å². The summed E-state index contributed by atoms with van der Waals surface area (Å²) in [5.74, 6) is 0.884. The summed E-state index contributed by atoms with van der Waals surface area (Å²) >= 11 is 0. The second kappa shape index (κ2) is 6.49. The van der Waals surface area contributed by atoms with E-state index in [1.165, 1.54) is 0 Å². The Kier molecular flexibility index (Phi) is 4.87. The molecule has 0 aliphatic carbocycles. The molecule has 0 heterocycles. The van der Waals surface area contributed by atoms with Crippen molar-refractivity contribution < 1.29 is 9.53 Å². The first kappa shape index (κ1) is 16.5. The molecule has 0 aliphatic heterocycles. The molecule has 3 heteroatoms. The van der Waals surface area contributed by atoms with Gasteiger partial charge in [-0.2, -0.15) is 0 Å². The van der Waals surface area contributed by atoms with Crippen molar-refractivity contribution >= 4 is 16.6 Å². The lowest BCUT2D eigenvalue weighted by Gasteiger charge is -2.34. The quantitative estimate of drug-likeness (QED) is 0.818. The van der Waals surface area contributed by atoms with Gasteiger partial charge in [-0.15, -0.1) is 0 Å². The fraction of sp³-hybridized carbons (Fsp3) is 0.421. The van der Waals surface area contributed by atoms with Gasteiger partial charge >= 0.3 is 0 Å². The van der Waals surface area contributed by atoms with Crippen LogP contribution in [0.3, 0.4) is 0 Å². The predicted octanol–water partition coefficient (Wildman–Crippen LogP) is 4.06. The van der Waals surface area contributed by atoms with Crippen LogP contribution in [-0.2, 0) is 0 Å². The van der Waals surface area contributed by atoms with Crippen LogP contribution >= 0.6 is 0 Å². The molecule has 2 rings (SSSR count). The number of hydrogen-bond acceptors (Lipinski definition) is 3. The lowest BCUT2D eigenvalue weighted by molar-refractivity contribution is 0.0814. The minimum absolute atomic E-state index is 0.0815. The monoisotopic (exact) mass is 299 g/mol. The van der Waals surface area contributed by atoms with Gasteiger partial charge in [-0.1, -0.05) is 51.1 Å². The Hall–Kier alpha value is -1.87. The Balaban J connectivity index is 2.68. The number of rotatable bonds is 6. The number of likely N-dealkylation sites (N-methyl/N-ethyl adjacent to an activating group) is 1. The van der Waals surface area contributed by atoms with Crippen molar-refractivity contribution in [3.8, 4) is 5.75 Å². The minimum atomic E-state index is -0.619. The molecular weight excluding hydrogens is 274 g/mol. The Morgan fingerprint density at radius 1 is 1.23 bits per heavy atom. The van der Waals surface area contributed by atoms with Crippen molar-refractivity contribution in [2.75, 3.05) is 13.7 Å². The number of methoxy groups -OCH3 is 1. The fourth-order valence-corrected chi connectivity index (χ4v) is 2.83. The molecule has 3 nitrogen and oxygen atoms in total. The number of fused-ring (bicyclic) bond motifs is 1. The zero-order valence-corrected chi connectivity index (χ0v) is 14.1. The molecule has 22 heavy (non-hydrogen) atoms. The molecule has 0 fully saturated rings. The molecule has 0 spiro atoms. The number of benzene rings is 2. The summed E-state index contributed by atoms with van der Waals surface area (Å²) in [6, 6.07) is 11.8. The van der Waals surface area contributed by atoms with Gasteiger partial charge in [0.05, 0.1) is 18.2 Å². The van der Waals surface area contributed by atoms with Crippen LogP contribution in [0.1, 0.15) is 38.1 Å². The van der Waals surface area contributed by atoms with Crippen LogP contribution in [0.25, 0.3) is 10.8 Å². The molecular formula is C19H25NO2. The summed E-state index contributed by atoms with van der Waals surface area (Å²) in [6.07, 6.45) is 0. The topological polar surface area (TPSA) is 38.3 Å². The van der Waals surface area contributed by atoms with Crippen LogP contribution in [0.4, 0.5) is 0 Å². The molecule has 1 unspecified atom stereocenters. The normalized spacial score (nSPS) is 14.1. The van der Waals surface area contributed by atoms with Crippen molar-refractivity contribution in [1.82, 2.24) is 5.32 Å². The standard InChI is InChI=1S/C19H25NO2/c1-6-20-19(4,13(2)3)18(21)17-15-10-8-7-9-14(15)11-12-16(17)22-5/h7-13,20H,6H2,1-5H3. The fourth-order valence-electron chi connectivity index (χ4n) is 2.83. The Morgan fingerprint density at radius 2 is 1.91 bits per heavy atom. The van der Waals surface area contributed by atoms with Crippen molar-refractivity contribution in [2.45, 2.75) is 33.2 Å². The van der Waals surface area contributed by atoms with E-state index in [4.69, 9.17) is 4.74 Å². The maximum absolute atomic E-state index is 13.3. The van der Waals surface area contributed by atoms with Gasteiger partial charge in [0, 0.05) is 0 Å². The molecule has 0 aliphatic rings. The first-order chi connectivity index (χ1) is 10.5. The van der Waals surface area contributed by atoms with Gasteiger partial charge in [0.2, 0.25) is 0 Å². The summed E-state index contributed by atoms with van der Waals surface area (Å²) in [7, 11) is 1.61. The van der Waals surface area contributed by atoms with Gasteiger partial charge in [-0.05, 0) is 36.2 Å². The number of ketones is 1. The molecule has 0 aromatic heterocycles. The highest BCUT2D eigenvalue weighted by Gasteiger charge is 2.38. The maximum atomic E-state index is 13.3. The second-order valence-corrected chi connectivity index (χ2v) is 6.08. The van der Waals surface area contributed by atoms with Gasteiger partial charge in [0.15, 0.2) is 5.78 Å². The van der Waals surface area contributed by atoms with Gasteiger partial charge in [0.1, 0.15) is 5.75 Å². The van der Waals surface area contributed by atoms with Crippen LogP contribution in [0.2, 0.25) is 0 Å². The van der Waals surface area contributed by atoms with E-state index in [1.54, 1.807) is 7.11 Å². The lowest BCUT2D eigenvalue weighted by atomic mass is 9.80. The van der Waals surface area contributed by atoms with Crippen molar-refractivity contribution in [1.29, 1.82) is 0 Å². The Bertz CT molecular complexity index is 678. The Morgan fingerprint density at radius 3 is 2.50 bits per heavy atom. The zero-order valence-electron chi connectivity index (χ0n) is 14.1. The first-order valence-electron chi connectivity index (χ1n) is 7.81. The summed E-state index contributed by atoms with van der Waals surface area (Å²) < 4.78 is 5.48. The minimum Gasteiger partial charge on any atom is -0.496 e. The number of carbonyl (C=O) groups excluding carboxylic acids is 1. The molecule has 1 atom stereocenters. The zero-order chi connectivity index (χ0) is 16.3. The molecule has 2 aromatic rings. The van der Waals surface area contributed by atoms with Crippen LogP contribution in [0.15, 0.2) is 36.4 Å². The molecule has 118 valence electrons. The maximum Gasteiger partial charge on any atom is 0.187 e. The van der Waals surface area contributed by atoms with E-state index >= 15 is 0 Å². The highest BCUT2D eigenvalue weighted by molar-refractivity contribution is 6.14. The average Bonchev–Trinajstić information content (AvgIpc) is 2.52. The van der Waals surface area contributed by atoms with Crippen molar-refractivity contribution in [2.24, 2.45) is 5.92 Å². The van der Waals surface area contributed by atoms with Gasteiger partial charge in [-0.25, -0.2) is 0 Å². The lowest BCUT2D eigenvalue weighted by Crippen LogP contribution is -2.53. The molecule has 0 amide bonds. The molecule has 0 saturated carbocycles. The van der Waals surface area contributed by atoms with E-state index in [9.17, 15) is 4.79 Å². The van der Waals surface area contributed by atoms with Gasteiger partial charge in [0.25, 0.3) is 0 Å². The smallest absolute Gasteiger partial charge is 0.187 e. The largest absolute Gasteiger partial charge is 0.496 e. The number of nitrogens with one attached hydrogen (secondary N) is 1. The highest BCUT2D eigenvalue weighted by Crippen LogP contribution is 2.33. The number of Topliss-reactive ketones (excluding diaryl/α,β-unsaturated/α-hetero) is 1. The number of hydrogen-bond donors (Lipinski definition) is 1. The average molecular weight is 299 g/mol. The summed E-state index contributed by atoms with van der Waals surface area (Å²) in [5.41, 5.74) is 0.0457. The first-order valence-corrected chi connectivity index (χ1v) is 7.81. The van der Waals surface area contributed by atoms with Crippen molar-refractivity contribution in [3.63, 3.8) is 0 Å². The molecule has 0 saturated heterocycles. The number of carbonyl (C=O) groups is 1. The van der Waals surface area contributed by atoms with E-state index in [1.807, 2.05) is 50.2 Å². The second-order valence-electron chi connectivity index (χ2n) is 6.08. The molecule has 0 radical (unpaired) electrons. The molecule has 0 bridgehead atoms. The predicted molar refractivity (Wildman–Crippen MR) is 91.8 cm³/mol. The Labute approximate surface area is 132 Å². The summed E-state index contributed by atoms with van der Waals surface area (Å²) in [5, 5.41) is 5.36. The van der Waals surface area contributed by atoms with E-state index in [0.29, 0.717) is 11.3 Å².